The summed E-state index contributed by atoms with van der Waals surface area (Å²) >= 11 is -1.92. The summed E-state index contributed by atoms with van der Waals surface area (Å²) in [4.78, 5) is 0. The van der Waals surface area contributed by atoms with Gasteiger partial charge in [-0.05, 0) is 17.4 Å². The van der Waals surface area contributed by atoms with Crippen molar-refractivity contribution in [3.63, 3.8) is 0 Å². The van der Waals surface area contributed by atoms with Crippen LogP contribution in [0, 0.1) is 0 Å². The van der Waals surface area contributed by atoms with Crippen LogP contribution in [0.15, 0.2) is 18.2 Å². The first kappa shape index (κ1) is 19.6. The zero-order chi connectivity index (χ0) is 15.4. The number of benzene rings is 1. The van der Waals surface area contributed by atoms with E-state index >= 15 is 0 Å². The van der Waals surface area contributed by atoms with Crippen molar-refractivity contribution >= 4 is 56.1 Å². The fourth-order valence-electron chi connectivity index (χ4n) is 1.06. The maximum absolute atomic E-state index is 12.2. The average Bonchev–Trinajstić information content (AvgIpc) is 2.12. The molecule has 0 saturated heterocycles. The van der Waals surface area contributed by atoms with Crippen LogP contribution in [0.1, 0.15) is 11.1 Å². The van der Waals surface area contributed by atoms with Gasteiger partial charge in [0.25, 0.3) is 0 Å². The van der Waals surface area contributed by atoms with Crippen molar-refractivity contribution in [2.75, 3.05) is 0 Å². The first-order chi connectivity index (χ1) is 8.37. The summed E-state index contributed by atoms with van der Waals surface area (Å²) in [5.74, 6) is 0. The van der Waals surface area contributed by atoms with Crippen LogP contribution in [0.3, 0.4) is 0 Å². The van der Waals surface area contributed by atoms with Gasteiger partial charge >= 0.3 is 53.9 Å². The van der Waals surface area contributed by atoms with Gasteiger partial charge < -0.3 is 0 Å². The van der Waals surface area contributed by atoms with Gasteiger partial charge in [-0.3, -0.25) is 0 Å². The number of rotatable bonds is 0. The van der Waals surface area contributed by atoms with Gasteiger partial charge in [-0.2, -0.15) is 26.3 Å². The van der Waals surface area contributed by atoms with Gasteiger partial charge in [0.15, 0.2) is 0 Å². The second kappa shape index (κ2) is 7.59. The van der Waals surface area contributed by atoms with E-state index in [4.69, 9.17) is 30.0 Å². The molecule has 0 N–H and O–H groups in total. The molecule has 1 radical (unpaired) electrons. The molecule has 0 amide bonds. The SMILES string of the molecule is FC(F)(F)c1cccc(C(F)(F)F)c1P.[Cl][Ge]([Cl])[Cl]. The van der Waals surface area contributed by atoms with E-state index in [-0.39, 0.29) is 0 Å². The summed E-state index contributed by atoms with van der Waals surface area (Å²) in [6.45, 7) is 0. The van der Waals surface area contributed by atoms with Crippen LogP contribution in [0.25, 0.3) is 0 Å². The quantitative estimate of drug-likeness (QED) is 0.315. The molecule has 0 fully saturated rings. The standard InChI is InChI=1S/C8H5F6P.Cl3Ge/c9-7(10,11)4-2-1-3-5(6(4)15)8(12,13)14;1-4(2)3/h1-3H,15H2;. The van der Waals surface area contributed by atoms with Crippen molar-refractivity contribution in [3.05, 3.63) is 29.3 Å². The molecule has 19 heavy (non-hydrogen) atoms. The molecule has 0 aromatic heterocycles. The van der Waals surface area contributed by atoms with Crippen LogP contribution in [-0.4, -0.2) is 11.6 Å². The van der Waals surface area contributed by atoms with Crippen LogP contribution in [0.4, 0.5) is 26.3 Å². The van der Waals surface area contributed by atoms with Gasteiger partial charge in [0.05, 0.1) is 11.1 Å². The molecule has 1 aromatic rings. The second-order valence-corrected chi connectivity index (χ2v) is 13.4. The van der Waals surface area contributed by atoms with Crippen molar-refractivity contribution in [2.45, 2.75) is 12.4 Å². The zero-order valence-corrected chi connectivity index (χ0v) is 14.2. The van der Waals surface area contributed by atoms with Gasteiger partial charge in [0.2, 0.25) is 0 Å². The molecule has 11 heteroatoms. The third-order valence-electron chi connectivity index (χ3n) is 1.72. The van der Waals surface area contributed by atoms with Gasteiger partial charge in [0.1, 0.15) is 0 Å². The summed E-state index contributed by atoms with van der Waals surface area (Å²) in [7, 11) is 16.4. The Hall–Kier alpha value is 0.643. The average molecular weight is 425 g/mol. The summed E-state index contributed by atoms with van der Waals surface area (Å²) in [6, 6.07) is 1.95. The Morgan fingerprint density at radius 3 is 1.32 bits per heavy atom. The molecule has 0 heterocycles. The Morgan fingerprint density at radius 1 is 0.842 bits per heavy atom. The third kappa shape index (κ3) is 7.27. The Balaban J connectivity index is 0.000000711. The summed E-state index contributed by atoms with van der Waals surface area (Å²) in [5, 5.41) is -0.877. The fraction of sp³-hybridized carbons (Fsp3) is 0.250. The van der Waals surface area contributed by atoms with E-state index in [9.17, 15) is 26.3 Å². The fourth-order valence-corrected chi connectivity index (χ4v) is 1.58. The monoisotopic (exact) mass is 425 g/mol. The zero-order valence-electron chi connectivity index (χ0n) is 8.71. The second-order valence-electron chi connectivity index (χ2n) is 2.98. The van der Waals surface area contributed by atoms with Gasteiger partial charge in [-0.25, -0.2) is 0 Å². The van der Waals surface area contributed by atoms with Crippen molar-refractivity contribution in [1.29, 1.82) is 0 Å². The van der Waals surface area contributed by atoms with E-state index in [0.29, 0.717) is 12.1 Å². The Labute approximate surface area is 124 Å². The molecule has 0 aliphatic rings. The van der Waals surface area contributed by atoms with E-state index in [2.05, 4.69) is 0 Å². The molecule has 0 aliphatic heterocycles. The maximum atomic E-state index is 12.2. The Kier molecular flexibility index (Phi) is 7.85. The Morgan fingerprint density at radius 2 is 1.11 bits per heavy atom. The van der Waals surface area contributed by atoms with E-state index in [1.807, 2.05) is 0 Å². The van der Waals surface area contributed by atoms with Crippen molar-refractivity contribution in [1.82, 2.24) is 0 Å². The minimum absolute atomic E-state index is 0.609. The Bertz CT molecular complexity index is 385. The van der Waals surface area contributed by atoms with Gasteiger partial charge in [-0.15, -0.1) is 9.24 Å². The van der Waals surface area contributed by atoms with E-state index in [0.717, 1.165) is 6.07 Å². The molecular formula is C8H5Cl3F6GeP. The summed E-state index contributed by atoms with van der Waals surface area (Å²) in [6.07, 6.45) is -9.56. The molecule has 109 valence electrons. The molecule has 0 nitrogen and oxygen atoms in total. The van der Waals surface area contributed by atoms with Gasteiger partial charge in [0, 0.05) is 0 Å². The molecule has 0 saturated carbocycles. The summed E-state index contributed by atoms with van der Waals surface area (Å²) < 4.78 is 73.4. The number of hydrogen-bond acceptors (Lipinski definition) is 0. The number of alkyl halides is 6. The van der Waals surface area contributed by atoms with Crippen LogP contribution in [-0.2, 0) is 12.4 Å². The predicted molar refractivity (Wildman–Crippen MR) is 69.1 cm³/mol. The number of halogens is 9. The molecular weight excluding hydrogens is 420 g/mol. The molecule has 1 rings (SSSR count). The van der Waals surface area contributed by atoms with E-state index < -0.39 is 40.3 Å². The minimum atomic E-state index is -4.78. The number of hydrogen-bond donors (Lipinski definition) is 0. The van der Waals surface area contributed by atoms with Crippen LogP contribution < -0.4 is 5.30 Å². The molecule has 0 spiro atoms. The third-order valence-corrected chi connectivity index (χ3v) is 2.34. The van der Waals surface area contributed by atoms with Crippen LogP contribution in [0.5, 0.6) is 0 Å². The van der Waals surface area contributed by atoms with Gasteiger partial charge in [-0.1, -0.05) is 6.07 Å². The van der Waals surface area contributed by atoms with E-state index in [1.54, 1.807) is 0 Å². The van der Waals surface area contributed by atoms with E-state index in [1.165, 1.54) is 9.24 Å². The predicted octanol–water partition coefficient (Wildman–Crippen LogP) is 4.91. The first-order valence-corrected chi connectivity index (χ1v) is 13.1. The molecule has 0 bridgehead atoms. The van der Waals surface area contributed by atoms with Crippen LogP contribution in [0.2, 0.25) is 0 Å². The van der Waals surface area contributed by atoms with Crippen LogP contribution >= 0.6 is 39.3 Å². The van der Waals surface area contributed by atoms with Crippen molar-refractivity contribution in [3.8, 4) is 0 Å². The molecule has 1 aromatic carbocycles. The molecule has 1 unspecified atom stereocenters. The molecule has 1 atom stereocenters. The van der Waals surface area contributed by atoms with Crippen molar-refractivity contribution in [2.24, 2.45) is 0 Å². The topological polar surface area (TPSA) is 0 Å². The first-order valence-electron chi connectivity index (χ1n) is 4.23. The normalized spacial score (nSPS) is 12.2. The summed E-state index contributed by atoms with van der Waals surface area (Å²) in [5.41, 5.74) is -2.58. The van der Waals surface area contributed by atoms with Crippen molar-refractivity contribution < 1.29 is 26.3 Å². The molecule has 0 aliphatic carbocycles.